The zero-order valence-electron chi connectivity index (χ0n) is 26.4. The van der Waals surface area contributed by atoms with E-state index in [1.165, 1.54) is 12.1 Å². The third-order valence-corrected chi connectivity index (χ3v) is 8.60. The lowest BCUT2D eigenvalue weighted by Gasteiger charge is -2.27. The number of aliphatic carboxylic acids is 2. The third-order valence-electron chi connectivity index (χ3n) is 6.78. The summed E-state index contributed by atoms with van der Waals surface area (Å²) in [6, 6.07) is 12.4. The summed E-state index contributed by atoms with van der Waals surface area (Å²) in [4.78, 5) is 75.9. The Morgan fingerprint density at radius 1 is 0.792 bits per heavy atom. The molecule has 14 nitrogen and oxygen atoms in total. The number of nitrogens with one attached hydrogen (secondary N) is 3. The van der Waals surface area contributed by atoms with Crippen LogP contribution in [0.15, 0.2) is 71.1 Å². The van der Waals surface area contributed by atoms with Crippen LogP contribution in [-0.4, -0.2) is 72.6 Å². The van der Waals surface area contributed by atoms with Crippen LogP contribution in [0, 0.1) is 11.8 Å². The highest BCUT2D eigenvalue weighted by Crippen LogP contribution is 2.19. The Labute approximate surface area is 282 Å². The molecule has 260 valence electrons. The van der Waals surface area contributed by atoms with Crippen LogP contribution in [-0.2, 0) is 49.9 Å². The highest BCUT2D eigenvalue weighted by Gasteiger charge is 2.33. The third kappa shape index (κ3) is 13.5. The van der Waals surface area contributed by atoms with Gasteiger partial charge in [-0.25, -0.2) is 8.42 Å². The summed E-state index contributed by atoms with van der Waals surface area (Å²) in [5, 5.41) is 26.1. The van der Waals surface area contributed by atoms with Crippen LogP contribution >= 0.6 is 11.6 Å². The van der Waals surface area contributed by atoms with Crippen LogP contribution in [0.4, 0.5) is 0 Å². The number of halogens is 1. The van der Waals surface area contributed by atoms with Gasteiger partial charge >= 0.3 is 17.9 Å². The van der Waals surface area contributed by atoms with E-state index in [2.05, 4.69) is 16.0 Å². The van der Waals surface area contributed by atoms with Crippen molar-refractivity contribution in [3.8, 4) is 0 Å². The van der Waals surface area contributed by atoms with Crippen molar-refractivity contribution >= 4 is 57.1 Å². The average Bonchev–Trinajstić information content (AvgIpc) is 3.00. The molecule has 0 radical (unpaired) electrons. The SMILES string of the molecule is CC(C)[C@H](NC(=O)[C@@H](NC(=O)[C@H](CC(=O)O)CC(=O)OCc1ccccc1)c1ccccc1)C(=O)N[C@H](/C=C(\Cl)S(C)(=O)=O)CC(=O)O. The molecule has 0 spiro atoms. The molecule has 0 bridgehead atoms. The maximum absolute atomic E-state index is 13.7. The molecule has 4 atom stereocenters. The van der Waals surface area contributed by atoms with E-state index < -0.39 is 99.1 Å². The van der Waals surface area contributed by atoms with E-state index >= 15 is 0 Å². The van der Waals surface area contributed by atoms with E-state index in [0.29, 0.717) is 5.56 Å². The molecule has 16 heteroatoms. The first-order valence-electron chi connectivity index (χ1n) is 14.6. The number of esters is 1. The number of amides is 3. The zero-order chi connectivity index (χ0) is 36.0. The van der Waals surface area contributed by atoms with Crippen molar-refractivity contribution in [2.75, 3.05) is 6.26 Å². The highest BCUT2D eigenvalue weighted by molar-refractivity contribution is 7.96. The first-order valence-corrected chi connectivity index (χ1v) is 16.9. The molecule has 0 aliphatic heterocycles. The Balaban J connectivity index is 2.29. The van der Waals surface area contributed by atoms with E-state index in [-0.39, 0.29) is 12.2 Å². The molecule has 0 aromatic heterocycles. The number of carboxylic acid groups (broad SMARTS) is 2. The zero-order valence-corrected chi connectivity index (χ0v) is 28.0. The molecular weight excluding hydrogens is 670 g/mol. The maximum Gasteiger partial charge on any atom is 0.306 e. The van der Waals surface area contributed by atoms with Crippen molar-refractivity contribution in [1.82, 2.24) is 16.0 Å². The fourth-order valence-electron chi connectivity index (χ4n) is 4.34. The second-order valence-corrected chi connectivity index (χ2v) is 13.8. The summed E-state index contributed by atoms with van der Waals surface area (Å²) < 4.78 is 28.1. The molecule has 48 heavy (non-hydrogen) atoms. The highest BCUT2D eigenvalue weighted by atomic mass is 35.5. The average molecular weight is 708 g/mol. The molecule has 0 saturated carbocycles. The molecule has 0 heterocycles. The number of hydrogen-bond acceptors (Lipinski definition) is 9. The van der Waals surface area contributed by atoms with Crippen LogP contribution in [0.1, 0.15) is 50.3 Å². The van der Waals surface area contributed by atoms with Crippen molar-refractivity contribution in [2.24, 2.45) is 11.8 Å². The molecule has 0 aliphatic carbocycles. The van der Waals surface area contributed by atoms with Crippen molar-refractivity contribution in [3.63, 3.8) is 0 Å². The minimum absolute atomic E-state index is 0.0988. The Morgan fingerprint density at radius 3 is 1.88 bits per heavy atom. The lowest BCUT2D eigenvalue weighted by Crippen LogP contribution is -2.54. The van der Waals surface area contributed by atoms with Crippen LogP contribution in [0.3, 0.4) is 0 Å². The number of rotatable bonds is 18. The molecular formula is C32H38ClN3O11S. The van der Waals surface area contributed by atoms with E-state index in [9.17, 15) is 47.4 Å². The molecule has 5 N–H and O–H groups in total. The molecule has 3 amide bonds. The topological polar surface area (TPSA) is 222 Å². The lowest BCUT2D eigenvalue weighted by molar-refractivity contribution is -0.150. The maximum atomic E-state index is 13.7. The van der Waals surface area contributed by atoms with E-state index in [4.69, 9.17) is 16.3 Å². The van der Waals surface area contributed by atoms with Gasteiger partial charge in [0.05, 0.1) is 31.2 Å². The van der Waals surface area contributed by atoms with Gasteiger partial charge in [0.2, 0.25) is 17.7 Å². The summed E-state index contributed by atoms with van der Waals surface area (Å²) in [6.07, 6.45) is -0.407. The van der Waals surface area contributed by atoms with Gasteiger partial charge in [0.15, 0.2) is 9.84 Å². The quantitative estimate of drug-likeness (QED) is 0.141. The Morgan fingerprint density at radius 2 is 1.35 bits per heavy atom. The monoisotopic (exact) mass is 707 g/mol. The van der Waals surface area contributed by atoms with Gasteiger partial charge in [-0.3, -0.25) is 28.8 Å². The first-order chi connectivity index (χ1) is 22.5. The number of carbonyl (C=O) groups excluding carboxylic acids is 4. The number of ether oxygens (including phenoxy) is 1. The van der Waals surface area contributed by atoms with Gasteiger partial charge in [-0.15, -0.1) is 0 Å². The smallest absolute Gasteiger partial charge is 0.306 e. The predicted octanol–water partition coefficient (Wildman–Crippen LogP) is 2.29. The first kappa shape index (κ1) is 39.4. The van der Waals surface area contributed by atoms with Gasteiger partial charge in [-0.05, 0) is 23.1 Å². The summed E-state index contributed by atoms with van der Waals surface area (Å²) in [5.74, 6) is -8.29. The summed E-state index contributed by atoms with van der Waals surface area (Å²) in [6.45, 7) is 3.06. The van der Waals surface area contributed by atoms with Crippen LogP contribution in [0.5, 0.6) is 0 Å². The normalized spacial score (nSPS) is 14.1. The largest absolute Gasteiger partial charge is 0.481 e. The van der Waals surface area contributed by atoms with Gasteiger partial charge in [-0.1, -0.05) is 86.1 Å². The van der Waals surface area contributed by atoms with Gasteiger partial charge in [0.1, 0.15) is 23.1 Å². The minimum Gasteiger partial charge on any atom is -0.481 e. The molecule has 2 aromatic carbocycles. The Kier molecular flexibility index (Phi) is 15.2. The number of carboxylic acids is 2. The van der Waals surface area contributed by atoms with E-state index in [0.717, 1.165) is 12.3 Å². The fraction of sp³-hybridized carbons (Fsp3) is 0.375. The molecule has 0 fully saturated rings. The van der Waals surface area contributed by atoms with Gasteiger partial charge in [0.25, 0.3) is 0 Å². The Hall–Kier alpha value is -4.76. The van der Waals surface area contributed by atoms with Crippen molar-refractivity contribution in [1.29, 1.82) is 0 Å². The molecule has 0 aliphatic rings. The van der Waals surface area contributed by atoms with E-state index in [1.807, 2.05) is 0 Å². The summed E-state index contributed by atoms with van der Waals surface area (Å²) in [7, 11) is -3.91. The number of benzene rings is 2. The van der Waals surface area contributed by atoms with Crippen LogP contribution in [0.25, 0.3) is 0 Å². The number of sulfone groups is 1. The van der Waals surface area contributed by atoms with E-state index in [1.54, 1.807) is 62.4 Å². The van der Waals surface area contributed by atoms with Crippen molar-refractivity contribution < 1.29 is 52.1 Å². The molecule has 2 aromatic rings. The van der Waals surface area contributed by atoms with Crippen LogP contribution in [0.2, 0.25) is 0 Å². The second-order valence-electron chi connectivity index (χ2n) is 11.2. The van der Waals surface area contributed by atoms with Crippen molar-refractivity contribution in [3.05, 3.63) is 82.2 Å². The van der Waals surface area contributed by atoms with Crippen LogP contribution < -0.4 is 16.0 Å². The summed E-state index contributed by atoms with van der Waals surface area (Å²) >= 11 is 5.79. The van der Waals surface area contributed by atoms with Gasteiger partial charge in [0, 0.05) is 6.26 Å². The number of carbonyl (C=O) groups is 6. The Bertz CT molecular complexity index is 1600. The molecule has 2 rings (SSSR count). The minimum atomic E-state index is -3.91. The van der Waals surface area contributed by atoms with Gasteiger partial charge < -0.3 is 30.9 Å². The van der Waals surface area contributed by atoms with Gasteiger partial charge in [-0.2, -0.15) is 0 Å². The second kappa shape index (κ2) is 18.5. The van der Waals surface area contributed by atoms with Crippen molar-refractivity contribution in [2.45, 2.75) is 57.8 Å². The molecule has 0 saturated heterocycles. The lowest BCUT2D eigenvalue weighted by atomic mass is 9.97. The predicted molar refractivity (Wildman–Crippen MR) is 174 cm³/mol. The fourth-order valence-corrected chi connectivity index (χ4v) is 4.90. The molecule has 0 unspecified atom stereocenters. The standard InChI is InChI=1S/C32H38ClN3O11S/c1-19(2)28(31(43)34-23(17-26(39)40)16-24(33)48(3,45)46)35-32(44)29(21-12-8-5-9-13-21)36-30(42)22(14-25(37)38)15-27(41)47-18-20-10-6-4-7-11-20/h4-13,16,19,22-23,28-29H,14-15,17-18H2,1-3H3,(H,34,43)(H,35,44)(H,36,42)(H,37,38)(H,39,40)/b24-16+/t22-,23-,28+,29+/m1/s1. The number of hydrogen-bond donors (Lipinski definition) is 5. The summed E-state index contributed by atoms with van der Waals surface area (Å²) in [5.41, 5.74) is 0.942.